The maximum Gasteiger partial charge on any atom is 0.310 e. The number of aryl methyl sites for hydroxylation is 2. The molecule has 9 heteroatoms. The van der Waals surface area contributed by atoms with Crippen LogP contribution in [0.25, 0.3) is 28.7 Å². The van der Waals surface area contributed by atoms with E-state index in [4.69, 9.17) is 4.52 Å². The lowest BCUT2D eigenvalue weighted by molar-refractivity contribution is -0.159. The van der Waals surface area contributed by atoms with Crippen LogP contribution in [0.2, 0.25) is 0 Å². The molecule has 1 aliphatic rings. The third-order valence-electron chi connectivity index (χ3n) is 6.52. The van der Waals surface area contributed by atoms with Crippen molar-refractivity contribution in [3.05, 3.63) is 71.9 Å². The monoisotopic (exact) mass is 473 g/mol. The average molecular weight is 474 g/mol. The van der Waals surface area contributed by atoms with Gasteiger partial charge in [-0.2, -0.15) is 10.1 Å². The summed E-state index contributed by atoms with van der Waals surface area (Å²) in [4.78, 5) is 16.1. The van der Waals surface area contributed by atoms with Crippen LogP contribution in [0.5, 0.6) is 0 Å². The van der Waals surface area contributed by atoms with Gasteiger partial charge >= 0.3 is 5.97 Å². The fraction of sp³-hybridized carbons (Fsp3) is 0.308. The van der Waals surface area contributed by atoms with Gasteiger partial charge in [0.25, 0.3) is 5.89 Å². The molecule has 180 valence electrons. The summed E-state index contributed by atoms with van der Waals surface area (Å²) in [6.07, 6.45) is 2.08. The van der Waals surface area contributed by atoms with Crippen molar-refractivity contribution < 1.29 is 19.5 Å². The van der Waals surface area contributed by atoms with Gasteiger partial charge in [0.2, 0.25) is 5.82 Å². The van der Waals surface area contributed by atoms with Gasteiger partial charge in [0.1, 0.15) is 5.72 Å². The molecule has 0 aliphatic carbocycles. The molecule has 1 saturated heterocycles. The molecule has 2 unspecified atom stereocenters. The zero-order chi connectivity index (χ0) is 24.4. The number of carboxylic acids is 1. The van der Waals surface area contributed by atoms with Crippen molar-refractivity contribution in [2.45, 2.75) is 38.3 Å². The molecule has 4 aromatic rings. The molecule has 0 amide bonds. The molecule has 2 atom stereocenters. The van der Waals surface area contributed by atoms with Crippen LogP contribution in [0.3, 0.4) is 0 Å². The molecule has 0 radical (unpaired) electrons. The van der Waals surface area contributed by atoms with E-state index in [9.17, 15) is 15.0 Å². The number of hydrogen-bond acceptors (Lipinski definition) is 7. The topological polar surface area (TPSA) is 126 Å². The zero-order valence-electron chi connectivity index (χ0n) is 19.4. The van der Waals surface area contributed by atoms with Crippen LogP contribution >= 0.6 is 0 Å². The zero-order valence-corrected chi connectivity index (χ0v) is 19.4. The Morgan fingerprint density at radius 1 is 1.20 bits per heavy atom. The Morgan fingerprint density at radius 3 is 2.71 bits per heavy atom. The highest BCUT2D eigenvalue weighted by Gasteiger charge is 2.42. The lowest BCUT2D eigenvalue weighted by atomic mass is 9.83. The molecule has 1 fully saturated rings. The summed E-state index contributed by atoms with van der Waals surface area (Å²) < 4.78 is 7.31. The van der Waals surface area contributed by atoms with Crippen LogP contribution in [-0.4, -0.2) is 48.4 Å². The van der Waals surface area contributed by atoms with Crippen molar-refractivity contribution in [2.75, 3.05) is 6.54 Å². The largest absolute Gasteiger partial charge is 0.481 e. The van der Waals surface area contributed by atoms with Crippen molar-refractivity contribution in [3.8, 4) is 28.7 Å². The summed E-state index contributed by atoms with van der Waals surface area (Å²) >= 11 is 0. The van der Waals surface area contributed by atoms with Crippen LogP contribution in [0.4, 0.5) is 0 Å². The molecule has 0 bridgehead atoms. The van der Waals surface area contributed by atoms with E-state index in [1.807, 2.05) is 72.3 Å². The predicted octanol–water partition coefficient (Wildman–Crippen LogP) is 3.60. The summed E-state index contributed by atoms with van der Waals surface area (Å²) in [7, 11) is 0. The SMILES string of the molecule is Cc1cc(-c2nc(-c3ccc(CCC4(O)NCCCC4C(=O)O)cc3)no2)nn1-c1ccccc1. The highest BCUT2D eigenvalue weighted by atomic mass is 16.5. The summed E-state index contributed by atoms with van der Waals surface area (Å²) in [6, 6.07) is 19.4. The van der Waals surface area contributed by atoms with Crippen molar-refractivity contribution in [1.29, 1.82) is 0 Å². The average Bonchev–Trinajstić information content (AvgIpc) is 3.51. The normalized spacial score (nSPS) is 20.1. The summed E-state index contributed by atoms with van der Waals surface area (Å²) in [6.45, 7) is 2.58. The number of piperidine rings is 1. The van der Waals surface area contributed by atoms with Crippen LogP contribution in [0, 0.1) is 12.8 Å². The third-order valence-corrected chi connectivity index (χ3v) is 6.52. The minimum Gasteiger partial charge on any atom is -0.481 e. The molecule has 1 aliphatic heterocycles. The summed E-state index contributed by atoms with van der Waals surface area (Å²) in [5, 5.41) is 32.1. The fourth-order valence-electron chi connectivity index (χ4n) is 4.57. The van der Waals surface area contributed by atoms with E-state index in [1.165, 1.54) is 0 Å². The Morgan fingerprint density at radius 2 is 1.97 bits per heavy atom. The lowest BCUT2D eigenvalue weighted by Crippen LogP contribution is -2.57. The number of nitrogens with one attached hydrogen (secondary N) is 1. The highest BCUT2D eigenvalue weighted by Crippen LogP contribution is 2.29. The Bertz CT molecular complexity index is 1320. The number of aliphatic carboxylic acids is 1. The number of hydrogen-bond donors (Lipinski definition) is 3. The van der Waals surface area contributed by atoms with Gasteiger partial charge in [-0.1, -0.05) is 47.6 Å². The van der Waals surface area contributed by atoms with Crippen LogP contribution in [0.1, 0.15) is 30.5 Å². The van der Waals surface area contributed by atoms with Gasteiger partial charge in [-0.15, -0.1) is 0 Å². The molecule has 3 heterocycles. The van der Waals surface area contributed by atoms with Gasteiger partial charge in [-0.25, -0.2) is 4.68 Å². The van der Waals surface area contributed by atoms with Gasteiger partial charge in [-0.3, -0.25) is 10.1 Å². The predicted molar refractivity (Wildman–Crippen MR) is 129 cm³/mol. The van der Waals surface area contributed by atoms with Crippen molar-refractivity contribution in [3.63, 3.8) is 0 Å². The number of carboxylic acid groups (broad SMARTS) is 1. The third kappa shape index (κ3) is 4.73. The number of nitrogens with zero attached hydrogens (tertiary/aromatic N) is 4. The van der Waals surface area contributed by atoms with E-state index in [2.05, 4.69) is 20.6 Å². The minimum atomic E-state index is -1.40. The first kappa shape index (κ1) is 22.9. The number of aromatic nitrogens is 4. The van der Waals surface area contributed by atoms with Crippen molar-refractivity contribution >= 4 is 5.97 Å². The molecule has 3 N–H and O–H groups in total. The Kier molecular flexibility index (Phi) is 6.19. The van der Waals surface area contributed by atoms with E-state index in [1.54, 1.807) is 0 Å². The van der Waals surface area contributed by atoms with E-state index >= 15 is 0 Å². The minimum absolute atomic E-state index is 0.319. The lowest BCUT2D eigenvalue weighted by Gasteiger charge is -2.38. The molecule has 0 spiro atoms. The number of rotatable bonds is 7. The number of aliphatic hydroxyl groups is 1. The van der Waals surface area contributed by atoms with Gasteiger partial charge < -0.3 is 14.7 Å². The van der Waals surface area contributed by atoms with Gasteiger partial charge in [0, 0.05) is 11.3 Å². The molecule has 9 nitrogen and oxygen atoms in total. The molecular weight excluding hydrogens is 446 g/mol. The van der Waals surface area contributed by atoms with Gasteiger partial charge in [0.05, 0.1) is 11.6 Å². The number of carbonyl (C=O) groups is 1. The van der Waals surface area contributed by atoms with Crippen molar-refractivity contribution in [2.24, 2.45) is 5.92 Å². The second-order valence-electron chi connectivity index (χ2n) is 8.92. The summed E-state index contributed by atoms with van der Waals surface area (Å²) in [5.74, 6) is -0.974. The molecule has 35 heavy (non-hydrogen) atoms. The van der Waals surface area contributed by atoms with E-state index in [0.717, 1.165) is 28.9 Å². The smallest absolute Gasteiger partial charge is 0.310 e. The molecule has 5 rings (SSSR count). The van der Waals surface area contributed by atoms with Crippen LogP contribution in [0.15, 0.2) is 65.2 Å². The quantitative estimate of drug-likeness (QED) is 0.372. The first-order valence-electron chi connectivity index (χ1n) is 11.7. The van der Waals surface area contributed by atoms with E-state index in [0.29, 0.717) is 43.2 Å². The number of para-hydroxylation sites is 1. The molecule has 0 saturated carbocycles. The van der Waals surface area contributed by atoms with E-state index < -0.39 is 17.6 Å². The van der Waals surface area contributed by atoms with Crippen molar-refractivity contribution in [1.82, 2.24) is 25.2 Å². The second kappa shape index (κ2) is 9.44. The molecule has 2 aromatic carbocycles. The molecular formula is C26H27N5O4. The Hall–Kier alpha value is -3.82. The Labute approximate surface area is 202 Å². The first-order valence-corrected chi connectivity index (χ1v) is 11.7. The van der Waals surface area contributed by atoms with Gasteiger partial charge in [-0.05, 0) is 62.9 Å². The molecule has 2 aromatic heterocycles. The first-order chi connectivity index (χ1) is 16.9. The second-order valence-corrected chi connectivity index (χ2v) is 8.92. The highest BCUT2D eigenvalue weighted by molar-refractivity contribution is 5.71. The summed E-state index contributed by atoms with van der Waals surface area (Å²) in [5.41, 5.74) is 2.89. The van der Waals surface area contributed by atoms with Crippen LogP contribution < -0.4 is 5.32 Å². The standard InChI is InChI=1S/C26H27N5O4/c1-17-16-22(29-31(17)20-6-3-2-4-7-20)24-28-23(30-35-24)19-11-9-18(10-12-19)13-14-26(34)21(25(32)33)8-5-15-27-26/h2-4,6-7,9-12,16,21,27,34H,5,8,13-15H2,1H3,(H,32,33). The Balaban J connectivity index is 1.28. The maximum absolute atomic E-state index is 11.6. The van der Waals surface area contributed by atoms with E-state index in [-0.39, 0.29) is 0 Å². The van der Waals surface area contributed by atoms with Crippen LogP contribution in [-0.2, 0) is 11.2 Å². The maximum atomic E-state index is 11.6. The number of benzene rings is 2. The fourth-order valence-corrected chi connectivity index (χ4v) is 4.57. The van der Waals surface area contributed by atoms with Gasteiger partial charge in [0.15, 0.2) is 5.69 Å².